The van der Waals surface area contributed by atoms with Crippen LogP contribution in [0.15, 0.2) is 23.2 Å². The molecule has 27 heavy (non-hydrogen) atoms. The van der Waals surface area contributed by atoms with Gasteiger partial charge < -0.3 is 20.1 Å². The molecule has 0 aromatic heterocycles. The maximum absolute atomic E-state index is 6.15. The minimum absolute atomic E-state index is 0.113. The lowest BCUT2D eigenvalue weighted by Crippen LogP contribution is -2.43. The molecule has 1 aromatic rings. The van der Waals surface area contributed by atoms with Gasteiger partial charge in [0.1, 0.15) is 0 Å². The van der Waals surface area contributed by atoms with Crippen LogP contribution in [0, 0.1) is 5.92 Å². The van der Waals surface area contributed by atoms with Gasteiger partial charge in [0.25, 0.3) is 0 Å². The second kappa shape index (κ2) is 11.1. The maximum Gasteiger partial charge on any atom is 0.191 e. The fourth-order valence-electron chi connectivity index (χ4n) is 2.89. The molecule has 152 valence electrons. The SMILES string of the molecule is CN=C(NCCCOCC1CCOC1)NCC(C)(C)c1ccc(Cl)c(Cl)c1. The first-order valence-electron chi connectivity index (χ1n) is 9.48. The van der Waals surface area contributed by atoms with Gasteiger partial charge in [0.15, 0.2) is 5.96 Å². The van der Waals surface area contributed by atoms with Crippen molar-refractivity contribution in [3.8, 4) is 0 Å². The monoisotopic (exact) mass is 415 g/mol. The van der Waals surface area contributed by atoms with Crippen molar-refractivity contribution in [1.82, 2.24) is 10.6 Å². The van der Waals surface area contributed by atoms with Crippen LogP contribution < -0.4 is 10.6 Å². The third kappa shape index (κ3) is 7.49. The fourth-order valence-corrected chi connectivity index (χ4v) is 3.19. The third-order valence-corrected chi connectivity index (χ3v) is 5.50. The van der Waals surface area contributed by atoms with E-state index in [-0.39, 0.29) is 5.41 Å². The van der Waals surface area contributed by atoms with Crippen LogP contribution in [0.3, 0.4) is 0 Å². The Hall–Kier alpha value is -1.01. The van der Waals surface area contributed by atoms with Crippen LogP contribution in [0.2, 0.25) is 10.0 Å². The molecule has 0 spiro atoms. The van der Waals surface area contributed by atoms with E-state index in [1.54, 1.807) is 7.05 Å². The Morgan fingerprint density at radius 2 is 2.11 bits per heavy atom. The van der Waals surface area contributed by atoms with Crippen molar-refractivity contribution in [3.05, 3.63) is 33.8 Å². The van der Waals surface area contributed by atoms with Gasteiger partial charge in [-0.1, -0.05) is 43.1 Å². The van der Waals surface area contributed by atoms with E-state index >= 15 is 0 Å². The molecule has 0 radical (unpaired) electrons. The molecule has 1 aromatic carbocycles. The fraction of sp³-hybridized carbons (Fsp3) is 0.650. The predicted molar refractivity (Wildman–Crippen MR) is 113 cm³/mol. The van der Waals surface area contributed by atoms with Gasteiger partial charge >= 0.3 is 0 Å². The lowest BCUT2D eigenvalue weighted by atomic mass is 9.84. The van der Waals surface area contributed by atoms with Crippen LogP contribution in [0.5, 0.6) is 0 Å². The van der Waals surface area contributed by atoms with Crippen molar-refractivity contribution in [1.29, 1.82) is 0 Å². The second-order valence-corrected chi connectivity index (χ2v) is 8.34. The van der Waals surface area contributed by atoms with Gasteiger partial charge in [0.05, 0.1) is 23.3 Å². The lowest BCUT2D eigenvalue weighted by Gasteiger charge is -2.27. The third-order valence-electron chi connectivity index (χ3n) is 4.76. The van der Waals surface area contributed by atoms with Crippen molar-refractivity contribution in [2.24, 2.45) is 10.9 Å². The molecule has 0 aliphatic carbocycles. The van der Waals surface area contributed by atoms with E-state index in [0.29, 0.717) is 16.0 Å². The topological polar surface area (TPSA) is 54.9 Å². The molecule has 0 bridgehead atoms. The summed E-state index contributed by atoms with van der Waals surface area (Å²) in [5, 5.41) is 7.86. The minimum Gasteiger partial charge on any atom is -0.381 e. The highest BCUT2D eigenvalue weighted by Gasteiger charge is 2.22. The zero-order valence-electron chi connectivity index (χ0n) is 16.5. The van der Waals surface area contributed by atoms with Crippen LogP contribution in [0.4, 0.5) is 0 Å². The van der Waals surface area contributed by atoms with Crippen LogP contribution in [0.25, 0.3) is 0 Å². The number of ether oxygens (including phenoxy) is 2. The molecule has 1 saturated heterocycles. The van der Waals surface area contributed by atoms with E-state index in [2.05, 4.69) is 29.5 Å². The molecule has 2 N–H and O–H groups in total. The first-order chi connectivity index (χ1) is 12.9. The van der Waals surface area contributed by atoms with Crippen LogP contribution in [0.1, 0.15) is 32.3 Å². The molecule has 1 fully saturated rings. The highest BCUT2D eigenvalue weighted by molar-refractivity contribution is 6.42. The molecular weight excluding hydrogens is 385 g/mol. The van der Waals surface area contributed by atoms with Crippen molar-refractivity contribution in [2.45, 2.75) is 32.1 Å². The van der Waals surface area contributed by atoms with Crippen molar-refractivity contribution >= 4 is 29.2 Å². The van der Waals surface area contributed by atoms with Crippen LogP contribution in [-0.2, 0) is 14.9 Å². The summed E-state index contributed by atoms with van der Waals surface area (Å²) in [7, 11) is 1.78. The average molecular weight is 416 g/mol. The average Bonchev–Trinajstić information content (AvgIpc) is 3.16. The smallest absolute Gasteiger partial charge is 0.191 e. The number of hydrogen-bond acceptors (Lipinski definition) is 3. The van der Waals surface area contributed by atoms with Crippen molar-refractivity contribution < 1.29 is 9.47 Å². The summed E-state index contributed by atoms with van der Waals surface area (Å²) in [6.07, 6.45) is 2.05. The Bertz CT molecular complexity index is 617. The van der Waals surface area contributed by atoms with Crippen LogP contribution in [-0.4, -0.2) is 52.5 Å². The first kappa shape index (κ1) is 22.3. The number of halogens is 2. The first-order valence-corrected chi connectivity index (χ1v) is 10.2. The minimum atomic E-state index is -0.113. The van der Waals surface area contributed by atoms with Gasteiger partial charge in [0.2, 0.25) is 0 Å². The zero-order valence-corrected chi connectivity index (χ0v) is 18.0. The van der Waals surface area contributed by atoms with Gasteiger partial charge in [-0.25, -0.2) is 0 Å². The summed E-state index contributed by atoms with van der Waals surface area (Å²) in [4.78, 5) is 4.29. The Balaban J connectivity index is 1.67. The molecule has 1 unspecified atom stereocenters. The molecule has 0 amide bonds. The highest BCUT2D eigenvalue weighted by Crippen LogP contribution is 2.29. The van der Waals surface area contributed by atoms with Crippen molar-refractivity contribution in [3.63, 3.8) is 0 Å². The molecule has 2 rings (SSSR count). The number of guanidine groups is 1. The summed E-state index contributed by atoms with van der Waals surface area (Å²) < 4.78 is 11.1. The highest BCUT2D eigenvalue weighted by atomic mass is 35.5. The molecule has 5 nitrogen and oxygen atoms in total. The van der Waals surface area contributed by atoms with E-state index in [9.17, 15) is 0 Å². The molecule has 1 aliphatic rings. The summed E-state index contributed by atoms with van der Waals surface area (Å²) in [5.41, 5.74) is 1.02. The van der Waals surface area contributed by atoms with Gasteiger partial charge in [-0.2, -0.15) is 0 Å². The lowest BCUT2D eigenvalue weighted by molar-refractivity contribution is 0.0888. The normalized spacial score (nSPS) is 18.0. The number of nitrogens with one attached hydrogen (secondary N) is 2. The Morgan fingerprint density at radius 1 is 1.30 bits per heavy atom. The quantitative estimate of drug-likeness (QED) is 0.365. The molecule has 1 atom stereocenters. The number of rotatable bonds is 9. The van der Waals surface area contributed by atoms with E-state index < -0.39 is 0 Å². The molecule has 0 saturated carbocycles. The number of aliphatic imine (C=N–C) groups is 1. The summed E-state index contributed by atoms with van der Waals surface area (Å²) >= 11 is 12.2. The van der Waals surface area contributed by atoms with Crippen molar-refractivity contribution in [2.75, 3.05) is 46.6 Å². The van der Waals surface area contributed by atoms with Gasteiger partial charge in [-0.15, -0.1) is 0 Å². The zero-order chi connectivity index (χ0) is 19.7. The molecule has 1 aliphatic heterocycles. The molecule has 1 heterocycles. The maximum atomic E-state index is 6.15. The standard InChI is InChI=1S/C20H31Cl2N3O2/c1-20(2,16-5-6-17(21)18(22)11-16)14-25-19(23-3)24-8-4-9-26-12-15-7-10-27-13-15/h5-6,11,15H,4,7-10,12-14H2,1-3H3,(H2,23,24,25). The summed E-state index contributed by atoms with van der Waals surface area (Å²) in [6.45, 7) is 9.11. The summed E-state index contributed by atoms with van der Waals surface area (Å²) in [6, 6.07) is 5.78. The van der Waals surface area contributed by atoms with E-state index in [1.807, 2.05) is 18.2 Å². The number of hydrogen-bond donors (Lipinski definition) is 2. The van der Waals surface area contributed by atoms with E-state index in [1.165, 1.54) is 0 Å². The van der Waals surface area contributed by atoms with Crippen LogP contribution >= 0.6 is 23.2 Å². The Labute approximate surface area is 172 Å². The van der Waals surface area contributed by atoms with Gasteiger partial charge in [-0.05, 0) is 30.5 Å². The molecule has 7 heteroatoms. The predicted octanol–water partition coefficient (Wildman–Crippen LogP) is 3.88. The summed E-state index contributed by atoms with van der Waals surface area (Å²) in [5.74, 6) is 1.35. The molecular formula is C20H31Cl2N3O2. The Morgan fingerprint density at radius 3 is 2.78 bits per heavy atom. The van der Waals surface area contributed by atoms with Gasteiger partial charge in [-0.3, -0.25) is 4.99 Å². The number of benzene rings is 1. The van der Waals surface area contributed by atoms with E-state index in [4.69, 9.17) is 32.7 Å². The van der Waals surface area contributed by atoms with E-state index in [0.717, 1.165) is 63.9 Å². The Kier molecular flexibility index (Phi) is 9.16. The number of nitrogens with zero attached hydrogens (tertiary/aromatic N) is 1. The second-order valence-electron chi connectivity index (χ2n) is 7.52. The largest absolute Gasteiger partial charge is 0.381 e. The van der Waals surface area contributed by atoms with Gasteiger partial charge in [0, 0.05) is 44.7 Å².